The maximum Gasteiger partial charge on any atom is -1.00 e. The molecule has 0 nitrogen and oxygen atoms in total. The number of allylic oxidation sites excluding steroid dienone is 4. The molecule has 158 valence electrons. The van der Waals surface area contributed by atoms with E-state index < -0.39 is 25.8 Å². The molecule has 0 aliphatic heterocycles. The van der Waals surface area contributed by atoms with Gasteiger partial charge in [-0.2, -0.15) is 0 Å². The third-order valence-electron chi connectivity index (χ3n) is 6.31. The van der Waals surface area contributed by atoms with Crippen molar-refractivity contribution in [2.45, 2.75) is 65.5 Å². The number of aryl methyl sites for hydroxylation is 2. The van der Waals surface area contributed by atoms with Gasteiger partial charge in [0.2, 0.25) is 0 Å². The van der Waals surface area contributed by atoms with Crippen LogP contribution in [-0.2, 0) is 26.8 Å². The van der Waals surface area contributed by atoms with Crippen molar-refractivity contribution in [3.05, 3.63) is 74.1 Å². The maximum atomic E-state index is 2.51. The Morgan fingerprint density at radius 1 is 0.900 bits per heavy atom. The van der Waals surface area contributed by atoms with E-state index in [1.54, 1.807) is 16.7 Å². The van der Waals surface area contributed by atoms with Crippen LogP contribution >= 0.6 is 0 Å². The Balaban J connectivity index is 0.00000160. The fraction of sp³-hybridized carbons (Fsp3) is 0.385. The molecule has 0 bridgehead atoms. The van der Waals surface area contributed by atoms with E-state index in [1.165, 1.54) is 23.1 Å². The van der Waals surface area contributed by atoms with Gasteiger partial charge in [0.25, 0.3) is 0 Å². The van der Waals surface area contributed by atoms with Crippen LogP contribution in [0.1, 0.15) is 56.4 Å². The SMILES string of the molecule is Cc1ccc2c(c1)Cc1c-2ccc(C)[c]1[Zr+2]([C]1=CC=CC1)=[Si](C(C)C)C(C)C.[Cl-].[Cl-]. The molecule has 0 fully saturated rings. The molecule has 4 heteroatoms. The van der Waals surface area contributed by atoms with Gasteiger partial charge in [-0.25, -0.2) is 0 Å². The van der Waals surface area contributed by atoms with Crippen LogP contribution in [0, 0.1) is 13.8 Å². The zero-order chi connectivity index (χ0) is 20.0. The van der Waals surface area contributed by atoms with Crippen LogP contribution in [0.2, 0.25) is 11.1 Å². The molecule has 2 aromatic carbocycles. The number of hydrogen-bond acceptors (Lipinski definition) is 0. The van der Waals surface area contributed by atoms with Gasteiger partial charge in [-0.05, 0) is 0 Å². The molecule has 0 saturated heterocycles. The van der Waals surface area contributed by atoms with Crippen LogP contribution < -0.4 is 28.1 Å². The standard InChI is InChI=1S/C15H13.C6H14Si.C5H5.2ClH.Zr/c1-10-3-5-14-12(7-10)9-13-8-11(2)4-6-15(13)14;1-5(2)7-6(3)4;1-2-4-5-3-1;;;/h3-7H,9H2,1-2H3;5-6H,1-4H3;1-3H,4H2;2*1H;/q;;;;;+2/p-2. The first kappa shape index (κ1) is 25.9. The summed E-state index contributed by atoms with van der Waals surface area (Å²) in [6, 6.07) is 11.9. The summed E-state index contributed by atoms with van der Waals surface area (Å²) in [5, 5.41) is 0. The van der Waals surface area contributed by atoms with E-state index >= 15 is 0 Å². The van der Waals surface area contributed by atoms with Crippen LogP contribution in [0.4, 0.5) is 0 Å². The second-order valence-electron chi connectivity index (χ2n) is 9.08. The first-order valence-electron chi connectivity index (χ1n) is 10.7. The summed E-state index contributed by atoms with van der Waals surface area (Å²) in [5.74, 6) is 0. The molecule has 2 aromatic rings. The van der Waals surface area contributed by atoms with Crippen molar-refractivity contribution in [3.63, 3.8) is 0 Å². The smallest absolute Gasteiger partial charge is 1.00 e. The molecule has 0 heterocycles. The van der Waals surface area contributed by atoms with Crippen LogP contribution in [0.15, 0.2) is 51.8 Å². The molecule has 30 heavy (non-hydrogen) atoms. The molecule has 0 spiro atoms. The Kier molecular flexibility index (Phi) is 9.03. The van der Waals surface area contributed by atoms with Crippen molar-refractivity contribution in [2.75, 3.05) is 0 Å². The number of benzene rings is 2. The monoisotopic (exact) mass is 532 g/mol. The second kappa shape index (κ2) is 10.5. The van der Waals surface area contributed by atoms with Gasteiger partial charge in [0.1, 0.15) is 0 Å². The molecule has 0 radical (unpaired) electrons. The molecule has 4 rings (SSSR count). The minimum atomic E-state index is -1.96. The maximum absolute atomic E-state index is 2.51. The molecule has 0 unspecified atom stereocenters. The zero-order valence-corrected chi connectivity index (χ0v) is 23.9. The quantitative estimate of drug-likeness (QED) is 0.434. The summed E-state index contributed by atoms with van der Waals surface area (Å²) < 4.78 is 3.71. The molecule has 0 saturated carbocycles. The van der Waals surface area contributed by atoms with Crippen molar-refractivity contribution < 1.29 is 45.2 Å². The Labute approximate surface area is 203 Å². The van der Waals surface area contributed by atoms with Gasteiger partial charge < -0.3 is 24.8 Å². The third kappa shape index (κ3) is 4.68. The van der Waals surface area contributed by atoms with E-state index in [1.807, 2.05) is 6.55 Å². The fourth-order valence-electron chi connectivity index (χ4n) is 5.24. The van der Waals surface area contributed by atoms with Crippen LogP contribution in [0.25, 0.3) is 11.1 Å². The van der Waals surface area contributed by atoms with Crippen LogP contribution in [0.5, 0.6) is 0 Å². The summed E-state index contributed by atoms with van der Waals surface area (Å²) in [7, 11) is 0. The second-order valence-corrected chi connectivity index (χ2v) is 24.2. The molecule has 0 aromatic heterocycles. The molecule has 0 amide bonds. The predicted octanol–water partition coefficient (Wildman–Crippen LogP) is 0.781. The van der Waals surface area contributed by atoms with Gasteiger partial charge in [0.15, 0.2) is 0 Å². The first-order valence-corrected chi connectivity index (χ1v) is 18.5. The normalized spacial score (nSPS) is 13.2. The molecule has 2 aliphatic rings. The van der Waals surface area contributed by atoms with E-state index in [-0.39, 0.29) is 24.8 Å². The van der Waals surface area contributed by atoms with Gasteiger partial charge in [0, 0.05) is 0 Å². The Morgan fingerprint density at radius 3 is 2.17 bits per heavy atom. The van der Waals surface area contributed by atoms with Gasteiger partial charge in [0.05, 0.1) is 0 Å². The van der Waals surface area contributed by atoms with Gasteiger partial charge in [-0.15, -0.1) is 0 Å². The van der Waals surface area contributed by atoms with Crippen LogP contribution in [-0.4, -0.2) is 5.43 Å². The molecule has 0 N–H and O–H groups in total. The van der Waals surface area contributed by atoms with E-state index in [9.17, 15) is 0 Å². The Morgan fingerprint density at radius 2 is 1.57 bits per heavy atom. The fourth-order valence-corrected chi connectivity index (χ4v) is 29.6. The average molecular weight is 535 g/mol. The summed E-state index contributed by atoms with van der Waals surface area (Å²) in [4.78, 5) is 0. The van der Waals surface area contributed by atoms with Crippen molar-refractivity contribution >= 4 is 8.70 Å². The molecular weight excluding hydrogens is 503 g/mol. The topological polar surface area (TPSA) is 0 Å². The number of rotatable bonds is 4. The minimum absolute atomic E-state index is 0. The third-order valence-corrected chi connectivity index (χ3v) is 31.0. The van der Waals surface area contributed by atoms with E-state index in [2.05, 4.69) is 90.1 Å². The summed E-state index contributed by atoms with van der Waals surface area (Å²) >= 11 is -1.96. The largest absolute Gasteiger partial charge is 1.00 e. The number of fused-ring (bicyclic) bond motifs is 3. The van der Waals surface area contributed by atoms with Crippen molar-refractivity contribution in [2.24, 2.45) is 0 Å². The first-order chi connectivity index (χ1) is 13.4. The summed E-state index contributed by atoms with van der Waals surface area (Å²) in [5.41, 5.74) is 10.5. The summed E-state index contributed by atoms with van der Waals surface area (Å²) in [6.45, 7) is 14.7. The number of hydrogen-bond donors (Lipinski definition) is 0. The van der Waals surface area contributed by atoms with Crippen molar-refractivity contribution in [1.29, 1.82) is 0 Å². The molecular formula is C26H32Cl2SiZr. The van der Waals surface area contributed by atoms with E-state index in [0.717, 1.165) is 17.5 Å². The average Bonchev–Trinajstić information content (AvgIpc) is 3.26. The van der Waals surface area contributed by atoms with Crippen LogP contribution in [0.3, 0.4) is 0 Å². The van der Waals surface area contributed by atoms with Gasteiger partial charge >= 0.3 is 180 Å². The Hall–Kier alpha value is -0.400. The summed E-state index contributed by atoms with van der Waals surface area (Å²) in [6.07, 6.45) is 9.60. The Bertz CT molecular complexity index is 1040. The minimum Gasteiger partial charge on any atom is -1.00 e. The zero-order valence-electron chi connectivity index (χ0n) is 18.9. The predicted molar refractivity (Wildman–Crippen MR) is 122 cm³/mol. The van der Waals surface area contributed by atoms with Gasteiger partial charge in [-0.3, -0.25) is 0 Å². The molecule has 2 aliphatic carbocycles. The van der Waals surface area contributed by atoms with E-state index in [0.29, 0.717) is 0 Å². The van der Waals surface area contributed by atoms with E-state index in [4.69, 9.17) is 0 Å². The van der Waals surface area contributed by atoms with Crippen molar-refractivity contribution in [3.8, 4) is 11.1 Å². The number of halogens is 2. The molecule has 0 atom stereocenters. The van der Waals surface area contributed by atoms with Crippen molar-refractivity contribution in [1.82, 2.24) is 0 Å². The van der Waals surface area contributed by atoms with Gasteiger partial charge in [-0.1, -0.05) is 0 Å².